The summed E-state index contributed by atoms with van der Waals surface area (Å²) in [6.07, 6.45) is 4.06. The molecule has 1 aromatic heterocycles. The molecule has 184 valence electrons. The molecule has 3 N–H and O–H groups in total. The van der Waals surface area contributed by atoms with Gasteiger partial charge in [0.15, 0.2) is 0 Å². The summed E-state index contributed by atoms with van der Waals surface area (Å²) in [4.78, 5) is 44.7. The molecular weight excluding hydrogens is 466 g/mol. The third-order valence-corrected chi connectivity index (χ3v) is 7.08. The van der Waals surface area contributed by atoms with Gasteiger partial charge in [-0.2, -0.15) is 0 Å². The quantitative estimate of drug-likeness (QED) is 0.401. The molecule has 1 unspecified atom stereocenters. The first kappa shape index (κ1) is 22.7. The summed E-state index contributed by atoms with van der Waals surface area (Å²) in [5.41, 5.74) is 4.82. The lowest BCUT2D eigenvalue weighted by atomic mass is 9.91. The second-order valence-electron chi connectivity index (χ2n) is 9.26. The van der Waals surface area contributed by atoms with E-state index in [9.17, 15) is 14.4 Å². The molecule has 3 heterocycles. The average molecular weight is 492 g/mol. The SMILES string of the molecule is O=C1NCc2cc(C(=O)N3CCc4ccccc4C3CNC(=O)c3cncc4ccccc34)ccc2N1. The normalized spacial score (nSPS) is 16.3. The molecule has 8 nitrogen and oxygen atoms in total. The van der Waals surface area contributed by atoms with Crippen LogP contribution in [0.4, 0.5) is 10.5 Å². The number of hydrogen-bond acceptors (Lipinski definition) is 4. The molecule has 8 heteroatoms. The van der Waals surface area contributed by atoms with Crippen LogP contribution in [0.3, 0.4) is 0 Å². The van der Waals surface area contributed by atoms with Crippen molar-refractivity contribution in [1.82, 2.24) is 20.5 Å². The van der Waals surface area contributed by atoms with Gasteiger partial charge in [0.25, 0.3) is 11.8 Å². The first-order valence-electron chi connectivity index (χ1n) is 12.3. The van der Waals surface area contributed by atoms with Gasteiger partial charge in [0.2, 0.25) is 0 Å². The van der Waals surface area contributed by atoms with Crippen LogP contribution < -0.4 is 16.0 Å². The Hall–Kier alpha value is -4.72. The molecule has 4 aromatic rings. The lowest BCUT2D eigenvalue weighted by Gasteiger charge is -2.37. The van der Waals surface area contributed by atoms with E-state index in [0.29, 0.717) is 29.9 Å². The van der Waals surface area contributed by atoms with Crippen molar-refractivity contribution in [3.8, 4) is 0 Å². The molecular formula is C29H25N5O3. The molecule has 0 fully saturated rings. The van der Waals surface area contributed by atoms with Gasteiger partial charge in [-0.3, -0.25) is 14.6 Å². The number of hydrogen-bond donors (Lipinski definition) is 3. The van der Waals surface area contributed by atoms with E-state index in [2.05, 4.69) is 27.0 Å². The van der Waals surface area contributed by atoms with Crippen LogP contribution in [0.25, 0.3) is 10.8 Å². The summed E-state index contributed by atoms with van der Waals surface area (Å²) in [7, 11) is 0. The second-order valence-corrected chi connectivity index (χ2v) is 9.26. The number of anilines is 1. The maximum atomic E-state index is 13.8. The molecule has 0 bridgehead atoms. The van der Waals surface area contributed by atoms with Gasteiger partial charge in [-0.1, -0.05) is 48.5 Å². The van der Waals surface area contributed by atoms with Crippen molar-refractivity contribution in [1.29, 1.82) is 0 Å². The molecule has 0 saturated heterocycles. The molecule has 2 aliphatic heterocycles. The Bertz CT molecular complexity index is 1540. The summed E-state index contributed by atoms with van der Waals surface area (Å²) < 4.78 is 0. The maximum absolute atomic E-state index is 13.8. The van der Waals surface area contributed by atoms with Crippen LogP contribution in [0.2, 0.25) is 0 Å². The highest BCUT2D eigenvalue weighted by atomic mass is 16.2. The number of urea groups is 1. The van der Waals surface area contributed by atoms with Gasteiger partial charge in [0.1, 0.15) is 0 Å². The lowest BCUT2D eigenvalue weighted by molar-refractivity contribution is 0.0648. The first-order chi connectivity index (χ1) is 18.1. The zero-order chi connectivity index (χ0) is 25.4. The number of pyridine rings is 1. The highest BCUT2D eigenvalue weighted by Crippen LogP contribution is 2.31. The first-order valence-corrected chi connectivity index (χ1v) is 12.3. The Morgan fingerprint density at radius 1 is 1.00 bits per heavy atom. The number of amides is 4. The Labute approximate surface area is 213 Å². The molecule has 2 aliphatic rings. The monoisotopic (exact) mass is 491 g/mol. The summed E-state index contributed by atoms with van der Waals surface area (Å²) in [6.45, 7) is 1.18. The Morgan fingerprint density at radius 3 is 2.76 bits per heavy atom. The van der Waals surface area contributed by atoms with Crippen LogP contribution >= 0.6 is 0 Å². The molecule has 3 aromatic carbocycles. The number of benzene rings is 3. The van der Waals surface area contributed by atoms with Crippen molar-refractivity contribution in [2.24, 2.45) is 0 Å². The van der Waals surface area contributed by atoms with Crippen LogP contribution in [0, 0.1) is 0 Å². The molecule has 0 aliphatic carbocycles. The van der Waals surface area contributed by atoms with Crippen LogP contribution in [-0.4, -0.2) is 40.8 Å². The molecule has 0 saturated carbocycles. The maximum Gasteiger partial charge on any atom is 0.319 e. The van der Waals surface area contributed by atoms with Gasteiger partial charge in [-0.25, -0.2) is 4.79 Å². The van der Waals surface area contributed by atoms with E-state index in [4.69, 9.17) is 0 Å². The Kier molecular flexibility index (Phi) is 5.76. The molecule has 4 amide bonds. The van der Waals surface area contributed by atoms with Crippen molar-refractivity contribution in [2.75, 3.05) is 18.4 Å². The van der Waals surface area contributed by atoms with Crippen molar-refractivity contribution >= 4 is 34.3 Å². The Balaban J connectivity index is 1.28. The number of nitrogens with zero attached hydrogens (tertiary/aromatic N) is 2. The van der Waals surface area contributed by atoms with Gasteiger partial charge in [-0.15, -0.1) is 0 Å². The number of rotatable bonds is 4. The molecule has 0 spiro atoms. The number of carbonyl (C=O) groups excluding carboxylic acids is 3. The minimum atomic E-state index is -0.321. The van der Waals surface area contributed by atoms with Crippen LogP contribution in [0.5, 0.6) is 0 Å². The van der Waals surface area contributed by atoms with E-state index >= 15 is 0 Å². The largest absolute Gasteiger partial charge is 0.350 e. The number of nitrogens with one attached hydrogen (secondary N) is 3. The number of carbonyl (C=O) groups is 3. The summed E-state index contributed by atoms with van der Waals surface area (Å²) in [5.74, 6) is -0.337. The minimum Gasteiger partial charge on any atom is -0.350 e. The zero-order valence-electron chi connectivity index (χ0n) is 20.0. The van der Waals surface area contributed by atoms with E-state index in [0.717, 1.165) is 28.3 Å². The lowest BCUT2D eigenvalue weighted by Crippen LogP contribution is -2.45. The molecule has 0 radical (unpaired) electrons. The zero-order valence-corrected chi connectivity index (χ0v) is 20.0. The summed E-state index contributed by atoms with van der Waals surface area (Å²) in [5, 5.41) is 10.3. The van der Waals surface area contributed by atoms with Gasteiger partial charge in [-0.05, 0) is 46.7 Å². The van der Waals surface area contributed by atoms with E-state index in [1.54, 1.807) is 24.5 Å². The van der Waals surface area contributed by atoms with Crippen LogP contribution in [0.15, 0.2) is 79.1 Å². The van der Waals surface area contributed by atoms with Crippen LogP contribution in [-0.2, 0) is 13.0 Å². The summed E-state index contributed by atoms with van der Waals surface area (Å²) in [6, 6.07) is 20.5. The van der Waals surface area contributed by atoms with E-state index in [-0.39, 0.29) is 30.4 Å². The third-order valence-electron chi connectivity index (χ3n) is 7.08. The van der Waals surface area contributed by atoms with Gasteiger partial charge >= 0.3 is 6.03 Å². The fraction of sp³-hybridized carbons (Fsp3) is 0.172. The fourth-order valence-corrected chi connectivity index (χ4v) is 5.20. The highest BCUT2D eigenvalue weighted by Gasteiger charge is 2.32. The minimum absolute atomic E-state index is 0.111. The van der Waals surface area contributed by atoms with Gasteiger partial charge < -0.3 is 20.9 Å². The standard InChI is InChI=1S/C29H25N5O3/c35-27(24-16-30-14-20-6-2-3-7-22(20)24)31-17-26-23-8-4-1-5-18(23)11-12-34(26)28(36)19-9-10-25-21(13-19)15-32-29(37)33-25/h1-10,13-14,16,26H,11-12,15,17H2,(H,31,35)(H2,32,33,37). The number of fused-ring (bicyclic) bond motifs is 3. The smallest absolute Gasteiger partial charge is 0.319 e. The topological polar surface area (TPSA) is 103 Å². The Morgan fingerprint density at radius 2 is 1.84 bits per heavy atom. The van der Waals surface area contributed by atoms with Crippen molar-refractivity contribution in [3.05, 3.63) is 107 Å². The fourth-order valence-electron chi connectivity index (χ4n) is 5.20. The predicted octanol–water partition coefficient (Wildman–Crippen LogP) is 4.04. The van der Waals surface area contributed by atoms with E-state index in [1.165, 1.54) is 5.56 Å². The van der Waals surface area contributed by atoms with Gasteiger partial charge in [0.05, 0.1) is 11.6 Å². The van der Waals surface area contributed by atoms with E-state index < -0.39 is 0 Å². The average Bonchev–Trinajstić information content (AvgIpc) is 2.94. The van der Waals surface area contributed by atoms with Gasteiger partial charge in [0, 0.05) is 48.7 Å². The second kappa shape index (κ2) is 9.39. The van der Waals surface area contributed by atoms with Crippen molar-refractivity contribution in [2.45, 2.75) is 19.0 Å². The van der Waals surface area contributed by atoms with E-state index in [1.807, 2.05) is 53.4 Å². The molecule has 37 heavy (non-hydrogen) atoms. The molecule has 1 atom stereocenters. The van der Waals surface area contributed by atoms with Crippen molar-refractivity contribution < 1.29 is 14.4 Å². The molecule has 6 rings (SSSR count). The summed E-state index contributed by atoms with van der Waals surface area (Å²) >= 11 is 0. The van der Waals surface area contributed by atoms with Crippen LogP contribution in [0.1, 0.15) is 43.4 Å². The third kappa shape index (κ3) is 4.27. The van der Waals surface area contributed by atoms with Crippen molar-refractivity contribution in [3.63, 3.8) is 0 Å². The number of aromatic nitrogens is 1. The highest BCUT2D eigenvalue weighted by molar-refractivity contribution is 6.06. The predicted molar refractivity (Wildman–Crippen MR) is 140 cm³/mol.